The van der Waals surface area contributed by atoms with Crippen molar-refractivity contribution >= 4 is 0 Å². The van der Waals surface area contributed by atoms with Crippen molar-refractivity contribution in [3.8, 4) is 0 Å². The summed E-state index contributed by atoms with van der Waals surface area (Å²) in [5, 5.41) is 0. The van der Waals surface area contributed by atoms with Crippen LogP contribution in [0.1, 0.15) is 119 Å². The molecule has 0 nitrogen and oxygen atoms in total. The summed E-state index contributed by atoms with van der Waals surface area (Å²) in [6, 6.07) is 0. The molecule has 0 aromatic carbocycles. The van der Waals surface area contributed by atoms with Crippen molar-refractivity contribution in [2.75, 3.05) is 0 Å². The van der Waals surface area contributed by atoms with Crippen molar-refractivity contribution < 1.29 is 38.6 Å². The molecule has 0 bridgehead atoms. The maximum atomic E-state index is 2.34. The van der Waals surface area contributed by atoms with Crippen LogP contribution in [0.25, 0.3) is 0 Å². The summed E-state index contributed by atoms with van der Waals surface area (Å²) in [7, 11) is 0. The average molecular weight is 496 g/mol. The van der Waals surface area contributed by atoms with E-state index in [1.54, 1.807) is 0 Å². The van der Waals surface area contributed by atoms with E-state index in [1.807, 2.05) is 0 Å². The molecule has 3 saturated carbocycles. The first-order valence-electron chi connectivity index (χ1n) is 11.4. The molecule has 0 saturated heterocycles. The zero-order valence-corrected chi connectivity index (χ0v) is 20.4. The first-order valence-corrected chi connectivity index (χ1v) is 11.4. The minimum atomic E-state index is 0. The molecule has 0 unspecified atom stereocenters. The van der Waals surface area contributed by atoms with Gasteiger partial charge in [-0.25, -0.2) is 0 Å². The van der Waals surface area contributed by atoms with Crippen LogP contribution in [0.3, 0.4) is 0 Å². The molecule has 3 aliphatic rings. The largest absolute Gasteiger partial charge is 0.0625 e. The molecule has 0 spiro atoms. The van der Waals surface area contributed by atoms with E-state index in [1.165, 1.54) is 77.0 Å². The normalized spacial score (nSPS) is 22.0. The van der Waals surface area contributed by atoms with Crippen LogP contribution in [0.5, 0.6) is 0 Å². The van der Waals surface area contributed by atoms with Gasteiger partial charge < -0.3 is 0 Å². The number of rotatable bonds is 3. The zero-order chi connectivity index (χ0) is 17.9. The zero-order valence-electron chi connectivity index (χ0n) is 18.3. The van der Waals surface area contributed by atoms with Crippen molar-refractivity contribution in [2.45, 2.75) is 119 Å². The van der Waals surface area contributed by atoms with Gasteiger partial charge in [0.1, 0.15) is 0 Å². The molecule has 153 valence electrons. The Morgan fingerprint density at radius 2 is 0.560 bits per heavy atom. The van der Waals surface area contributed by atoms with Crippen LogP contribution in [0, 0.1) is 74.1 Å². The number of hydrogen-bond donors (Lipinski definition) is 0. The van der Waals surface area contributed by atoms with Crippen LogP contribution in [-0.4, -0.2) is 0 Å². The summed E-state index contributed by atoms with van der Waals surface area (Å²) in [5.74, 6) is 6.02. The summed E-state index contributed by atoms with van der Waals surface area (Å²) < 4.78 is 0. The molecule has 1 heteroatoms. The van der Waals surface area contributed by atoms with Gasteiger partial charge in [0.25, 0.3) is 0 Å². The van der Waals surface area contributed by atoms with Crippen molar-refractivity contribution in [1.82, 2.24) is 0 Å². The Labute approximate surface area is 191 Å². The molecule has 0 amide bonds. The van der Waals surface area contributed by atoms with E-state index in [9.17, 15) is 0 Å². The Kier molecular flexibility index (Phi) is 16.0. The smallest absolute Gasteiger partial charge is 0 e. The fraction of sp³-hybridized carbons (Fsp3) is 1.00. The van der Waals surface area contributed by atoms with Gasteiger partial charge in [-0.3, -0.25) is 0 Å². The van der Waals surface area contributed by atoms with E-state index in [-0.39, 0.29) is 38.6 Å². The second kappa shape index (κ2) is 15.2. The fourth-order valence-corrected chi connectivity index (χ4v) is 4.87. The van der Waals surface area contributed by atoms with Gasteiger partial charge in [0.15, 0.2) is 0 Å². The maximum absolute atomic E-state index is 2.34. The Hall–Kier alpha value is 1.29. The van der Waals surface area contributed by atoms with Gasteiger partial charge in [0.2, 0.25) is 0 Å². The van der Waals surface area contributed by atoms with E-state index in [0.29, 0.717) is 0 Å². The summed E-state index contributed by atoms with van der Waals surface area (Å²) in [4.78, 5) is 0. The molecule has 3 rings (SSSR count). The standard InChI is InChI=1S/3C8H16.Tb/c3*1-7(2)8-5-3-4-6-8;/h3*7-8H,3-6H2,1-2H3;. The van der Waals surface area contributed by atoms with Crippen molar-refractivity contribution in [3.63, 3.8) is 0 Å². The molecule has 3 fully saturated rings. The second-order valence-corrected chi connectivity index (χ2v) is 9.87. The quantitative estimate of drug-likeness (QED) is 0.368. The Bertz CT molecular complexity index is 229. The van der Waals surface area contributed by atoms with E-state index >= 15 is 0 Å². The maximum Gasteiger partial charge on any atom is 0 e. The second-order valence-electron chi connectivity index (χ2n) is 9.87. The topological polar surface area (TPSA) is 0 Å². The summed E-state index contributed by atoms with van der Waals surface area (Å²) in [6.45, 7) is 14.1. The van der Waals surface area contributed by atoms with E-state index in [2.05, 4.69) is 41.5 Å². The first-order chi connectivity index (χ1) is 11.4. The van der Waals surface area contributed by atoms with Gasteiger partial charge in [-0.05, 0) is 35.5 Å². The van der Waals surface area contributed by atoms with Crippen LogP contribution >= 0.6 is 0 Å². The Balaban J connectivity index is 0.000000339. The predicted molar refractivity (Wildman–Crippen MR) is 110 cm³/mol. The third-order valence-electron chi connectivity index (χ3n) is 7.03. The van der Waals surface area contributed by atoms with Crippen molar-refractivity contribution in [3.05, 3.63) is 0 Å². The molecular formula is C24H48Tb. The Morgan fingerprint density at radius 1 is 0.400 bits per heavy atom. The van der Waals surface area contributed by atoms with Gasteiger partial charge in [-0.2, -0.15) is 0 Å². The molecule has 0 aromatic rings. The fourth-order valence-electron chi connectivity index (χ4n) is 4.87. The van der Waals surface area contributed by atoms with Gasteiger partial charge in [-0.1, -0.05) is 119 Å². The third-order valence-corrected chi connectivity index (χ3v) is 7.03. The predicted octanol–water partition coefficient (Wildman–Crippen LogP) is 8.50. The average Bonchev–Trinajstić information content (AvgIpc) is 3.29. The molecular weight excluding hydrogens is 447 g/mol. The molecule has 25 heavy (non-hydrogen) atoms. The van der Waals surface area contributed by atoms with E-state index in [0.717, 1.165) is 35.5 Å². The SMILES string of the molecule is CC(C)C1CCCC1.CC(C)C1CCCC1.CC(C)C1CCCC1.[Tb]. The van der Waals surface area contributed by atoms with Crippen LogP contribution in [-0.2, 0) is 0 Å². The van der Waals surface area contributed by atoms with E-state index < -0.39 is 0 Å². The summed E-state index contributed by atoms with van der Waals surface area (Å²) in [5.41, 5.74) is 0. The van der Waals surface area contributed by atoms with Crippen LogP contribution in [0.15, 0.2) is 0 Å². The molecule has 0 N–H and O–H groups in total. The van der Waals surface area contributed by atoms with Crippen LogP contribution < -0.4 is 0 Å². The molecule has 1 radical (unpaired) electrons. The third kappa shape index (κ3) is 11.7. The van der Waals surface area contributed by atoms with Gasteiger partial charge in [0.05, 0.1) is 0 Å². The van der Waals surface area contributed by atoms with Gasteiger partial charge in [0, 0.05) is 38.6 Å². The summed E-state index contributed by atoms with van der Waals surface area (Å²) in [6.07, 6.45) is 17.9. The minimum absolute atomic E-state index is 0. The summed E-state index contributed by atoms with van der Waals surface area (Å²) >= 11 is 0. The molecule has 0 atom stereocenters. The molecule has 0 aromatic heterocycles. The van der Waals surface area contributed by atoms with Crippen LogP contribution in [0.4, 0.5) is 0 Å². The monoisotopic (exact) mass is 495 g/mol. The molecule has 0 heterocycles. The van der Waals surface area contributed by atoms with Gasteiger partial charge in [-0.15, -0.1) is 0 Å². The van der Waals surface area contributed by atoms with Gasteiger partial charge >= 0.3 is 0 Å². The number of hydrogen-bond acceptors (Lipinski definition) is 0. The Morgan fingerprint density at radius 3 is 0.640 bits per heavy atom. The first kappa shape index (κ1) is 26.3. The van der Waals surface area contributed by atoms with E-state index in [4.69, 9.17) is 0 Å². The molecule has 3 aliphatic carbocycles. The minimum Gasteiger partial charge on any atom is -0.0625 e. The van der Waals surface area contributed by atoms with Crippen molar-refractivity contribution in [2.24, 2.45) is 35.5 Å². The molecule has 0 aliphatic heterocycles. The van der Waals surface area contributed by atoms with Crippen molar-refractivity contribution in [1.29, 1.82) is 0 Å². The van der Waals surface area contributed by atoms with Crippen LogP contribution in [0.2, 0.25) is 0 Å².